The number of hydrogen-bond donors (Lipinski definition) is 1. The molecule has 0 unspecified atom stereocenters. The monoisotopic (exact) mass is 307 g/mol. The molecular weight excluding hydrogens is 290 g/mol. The standard InChI is InChI=1S/C19H17NO3/c20-14-17(19(21)22)13-16-10-4-5-11-18(16)23-12-6-9-15-7-2-1-3-8-15/h1-5,7-8,10-11,13H,6,9,12H2,(H,21,22). The predicted molar refractivity (Wildman–Crippen MR) is 87.9 cm³/mol. The van der Waals surface area contributed by atoms with Gasteiger partial charge < -0.3 is 9.84 Å². The first-order valence-corrected chi connectivity index (χ1v) is 7.31. The Morgan fingerprint density at radius 1 is 1.13 bits per heavy atom. The summed E-state index contributed by atoms with van der Waals surface area (Å²) >= 11 is 0. The van der Waals surface area contributed by atoms with E-state index in [1.807, 2.05) is 24.3 Å². The summed E-state index contributed by atoms with van der Waals surface area (Å²) in [6.07, 6.45) is 3.10. The number of hydrogen-bond acceptors (Lipinski definition) is 3. The zero-order valence-corrected chi connectivity index (χ0v) is 12.6. The van der Waals surface area contributed by atoms with Crippen molar-refractivity contribution >= 4 is 12.0 Å². The Balaban J connectivity index is 1.98. The van der Waals surface area contributed by atoms with E-state index in [-0.39, 0.29) is 5.57 Å². The van der Waals surface area contributed by atoms with Gasteiger partial charge in [-0.05, 0) is 30.5 Å². The average Bonchev–Trinajstić information content (AvgIpc) is 2.58. The molecule has 0 atom stereocenters. The van der Waals surface area contributed by atoms with E-state index in [0.717, 1.165) is 12.8 Å². The van der Waals surface area contributed by atoms with Crippen LogP contribution in [-0.2, 0) is 11.2 Å². The van der Waals surface area contributed by atoms with Gasteiger partial charge in [-0.2, -0.15) is 5.26 Å². The number of nitrogens with zero attached hydrogens (tertiary/aromatic N) is 1. The van der Waals surface area contributed by atoms with E-state index in [4.69, 9.17) is 15.1 Å². The SMILES string of the molecule is N#CC(=Cc1ccccc1OCCCc1ccccc1)C(=O)O. The van der Waals surface area contributed by atoms with Gasteiger partial charge in [0.25, 0.3) is 0 Å². The topological polar surface area (TPSA) is 70.3 Å². The maximum atomic E-state index is 10.9. The molecule has 0 heterocycles. The molecule has 2 aromatic carbocycles. The molecule has 116 valence electrons. The number of carboxylic acids is 1. The molecule has 0 aromatic heterocycles. The number of ether oxygens (including phenoxy) is 1. The van der Waals surface area contributed by atoms with Gasteiger partial charge in [-0.15, -0.1) is 0 Å². The third-order valence-electron chi connectivity index (χ3n) is 3.28. The lowest BCUT2D eigenvalue weighted by atomic mass is 10.1. The number of nitriles is 1. The van der Waals surface area contributed by atoms with Crippen LogP contribution < -0.4 is 4.74 Å². The molecule has 4 nitrogen and oxygen atoms in total. The number of aliphatic carboxylic acids is 1. The predicted octanol–water partition coefficient (Wildman–Crippen LogP) is 3.69. The van der Waals surface area contributed by atoms with Crippen molar-refractivity contribution < 1.29 is 14.6 Å². The highest BCUT2D eigenvalue weighted by Gasteiger charge is 2.08. The summed E-state index contributed by atoms with van der Waals surface area (Å²) in [6, 6.07) is 18.9. The lowest BCUT2D eigenvalue weighted by molar-refractivity contribution is -0.132. The molecule has 0 fully saturated rings. The molecule has 0 aliphatic rings. The minimum absolute atomic E-state index is 0.315. The van der Waals surface area contributed by atoms with Crippen molar-refractivity contribution in [3.05, 3.63) is 71.3 Å². The lowest BCUT2D eigenvalue weighted by Crippen LogP contribution is -2.02. The van der Waals surface area contributed by atoms with E-state index in [1.165, 1.54) is 11.6 Å². The summed E-state index contributed by atoms with van der Waals surface area (Å²) in [5.41, 5.74) is 1.53. The molecule has 0 aliphatic heterocycles. The molecule has 2 rings (SSSR count). The summed E-state index contributed by atoms with van der Waals surface area (Å²) in [4.78, 5) is 10.9. The largest absolute Gasteiger partial charge is 0.493 e. The Bertz CT molecular complexity index is 730. The number of aryl methyl sites for hydroxylation is 1. The van der Waals surface area contributed by atoms with Crippen LogP contribution in [0.15, 0.2) is 60.2 Å². The van der Waals surface area contributed by atoms with Gasteiger partial charge in [0.05, 0.1) is 6.61 Å². The van der Waals surface area contributed by atoms with Crippen molar-refractivity contribution in [3.8, 4) is 11.8 Å². The summed E-state index contributed by atoms with van der Waals surface area (Å²) in [5.74, 6) is -0.666. The van der Waals surface area contributed by atoms with Gasteiger partial charge in [-0.1, -0.05) is 48.5 Å². The molecule has 0 bridgehead atoms. The average molecular weight is 307 g/mol. The number of rotatable bonds is 7. The Morgan fingerprint density at radius 3 is 2.52 bits per heavy atom. The second-order valence-corrected chi connectivity index (χ2v) is 4.95. The summed E-state index contributed by atoms with van der Waals surface area (Å²) in [6.45, 7) is 0.523. The lowest BCUT2D eigenvalue weighted by Gasteiger charge is -2.09. The third-order valence-corrected chi connectivity index (χ3v) is 3.28. The van der Waals surface area contributed by atoms with Crippen LogP contribution in [0, 0.1) is 11.3 Å². The van der Waals surface area contributed by atoms with Crippen molar-refractivity contribution in [2.75, 3.05) is 6.61 Å². The maximum Gasteiger partial charge on any atom is 0.346 e. The summed E-state index contributed by atoms with van der Waals surface area (Å²) < 4.78 is 5.74. The Labute approximate surface area is 135 Å². The molecule has 1 N–H and O–H groups in total. The molecule has 0 aliphatic carbocycles. The zero-order chi connectivity index (χ0) is 16.5. The van der Waals surface area contributed by atoms with E-state index in [9.17, 15) is 4.79 Å². The van der Waals surface area contributed by atoms with Crippen LogP contribution in [0.5, 0.6) is 5.75 Å². The van der Waals surface area contributed by atoms with Crippen LogP contribution in [0.2, 0.25) is 0 Å². The number of carbonyl (C=O) groups is 1. The fourth-order valence-electron chi connectivity index (χ4n) is 2.13. The first-order chi connectivity index (χ1) is 11.2. The van der Waals surface area contributed by atoms with Crippen LogP contribution in [-0.4, -0.2) is 17.7 Å². The van der Waals surface area contributed by atoms with Gasteiger partial charge in [-0.3, -0.25) is 0 Å². The van der Waals surface area contributed by atoms with E-state index in [0.29, 0.717) is 17.9 Å². The molecule has 0 spiro atoms. The van der Waals surface area contributed by atoms with Gasteiger partial charge in [0, 0.05) is 5.56 Å². The van der Waals surface area contributed by atoms with Crippen molar-refractivity contribution in [2.24, 2.45) is 0 Å². The quantitative estimate of drug-likeness (QED) is 0.481. The summed E-state index contributed by atoms with van der Waals surface area (Å²) in [5, 5.41) is 17.8. The van der Waals surface area contributed by atoms with Crippen molar-refractivity contribution in [1.29, 1.82) is 5.26 Å². The number of carboxylic acid groups (broad SMARTS) is 1. The first kappa shape index (κ1) is 16.3. The van der Waals surface area contributed by atoms with Crippen molar-refractivity contribution in [1.82, 2.24) is 0 Å². The van der Waals surface area contributed by atoms with E-state index in [1.54, 1.807) is 24.3 Å². The first-order valence-electron chi connectivity index (χ1n) is 7.31. The van der Waals surface area contributed by atoms with E-state index >= 15 is 0 Å². The highest BCUT2D eigenvalue weighted by Crippen LogP contribution is 2.21. The Hall–Kier alpha value is -3.06. The maximum absolute atomic E-state index is 10.9. The summed E-state index contributed by atoms with van der Waals surface area (Å²) in [7, 11) is 0. The smallest absolute Gasteiger partial charge is 0.346 e. The van der Waals surface area contributed by atoms with Crippen LogP contribution in [0.3, 0.4) is 0 Å². The zero-order valence-electron chi connectivity index (χ0n) is 12.6. The Kier molecular flexibility index (Phi) is 5.96. The van der Waals surface area contributed by atoms with E-state index in [2.05, 4.69) is 12.1 Å². The van der Waals surface area contributed by atoms with Crippen LogP contribution in [0.1, 0.15) is 17.5 Å². The molecular formula is C19H17NO3. The van der Waals surface area contributed by atoms with Crippen molar-refractivity contribution in [2.45, 2.75) is 12.8 Å². The highest BCUT2D eigenvalue weighted by molar-refractivity contribution is 5.96. The molecule has 4 heteroatoms. The molecule has 0 saturated heterocycles. The van der Waals surface area contributed by atoms with Gasteiger partial charge in [0.1, 0.15) is 17.4 Å². The number of benzene rings is 2. The van der Waals surface area contributed by atoms with Gasteiger partial charge in [0.2, 0.25) is 0 Å². The molecule has 0 saturated carbocycles. The number of para-hydroxylation sites is 1. The fraction of sp³-hybridized carbons (Fsp3) is 0.158. The second-order valence-electron chi connectivity index (χ2n) is 4.95. The third kappa shape index (κ3) is 5.01. The Morgan fingerprint density at radius 2 is 1.83 bits per heavy atom. The van der Waals surface area contributed by atoms with Crippen LogP contribution in [0.4, 0.5) is 0 Å². The second kappa shape index (κ2) is 8.40. The molecule has 2 aromatic rings. The van der Waals surface area contributed by atoms with Gasteiger partial charge in [0.15, 0.2) is 0 Å². The van der Waals surface area contributed by atoms with Gasteiger partial charge in [-0.25, -0.2) is 4.79 Å². The van der Waals surface area contributed by atoms with Crippen molar-refractivity contribution in [3.63, 3.8) is 0 Å². The fourth-order valence-corrected chi connectivity index (χ4v) is 2.13. The minimum Gasteiger partial charge on any atom is -0.493 e. The highest BCUT2D eigenvalue weighted by atomic mass is 16.5. The van der Waals surface area contributed by atoms with E-state index < -0.39 is 5.97 Å². The van der Waals surface area contributed by atoms with Crippen LogP contribution >= 0.6 is 0 Å². The molecule has 23 heavy (non-hydrogen) atoms. The normalized spacial score (nSPS) is 10.8. The van der Waals surface area contributed by atoms with Gasteiger partial charge >= 0.3 is 5.97 Å². The minimum atomic E-state index is -1.24. The molecule has 0 amide bonds. The molecule has 0 radical (unpaired) electrons. The van der Waals surface area contributed by atoms with Crippen LogP contribution in [0.25, 0.3) is 6.08 Å².